The molecule has 0 aliphatic heterocycles. The molecule has 37 nitrogen and oxygen atoms in total. The standard InChI is InChI=1S/C55H92N8O29/c1-21(71)41(35(78)9-29(15-65)49(85)59-43(23(3)73)37(80)11-31(17-67)51(87)61-45(25(5)75)39(82)13-33(19-69)53(89)63-47(27(7)77)55(91)92)57-48(84)28(14-64)8-36(79)42(22(2)72)58-50(86)30(16-66)10-38(81)44(24(4)74)60-52(88)32(18-68)12-40(83)46(26(6)76)62-54(90)34(56)20-70/h21-34,41-47,64-77H,8-20,56H2,1-7H3,(H,57,84)(H,58,86)(H,59,85)(H,60,88)(H,61,87)(H,62,90)(H,63,89)(H,91,92). The quantitative estimate of drug-likeness (QED) is 0.0269. The minimum Gasteiger partial charge on any atom is -0.480 e. The molecular formula is C55H92N8O29. The topological polar surface area (TPSA) is 653 Å². The second-order valence-corrected chi connectivity index (χ2v) is 22.5. The van der Waals surface area contributed by atoms with Gasteiger partial charge in [0.25, 0.3) is 0 Å². The van der Waals surface area contributed by atoms with Gasteiger partial charge in [-0.2, -0.15) is 0 Å². The number of carboxylic acids is 1. The summed E-state index contributed by atoms with van der Waals surface area (Å²) in [6, 6.07) is -14.7. The van der Waals surface area contributed by atoms with Gasteiger partial charge in [-0.1, -0.05) is 0 Å². The molecule has 37 heteroatoms. The normalized spacial score (nSPS) is 18.4. The Kier molecular flexibility index (Phi) is 38.6. The van der Waals surface area contributed by atoms with E-state index < -0.39 is 293 Å². The fourth-order valence-electron chi connectivity index (χ4n) is 8.84. The average molecular weight is 1330 g/mol. The van der Waals surface area contributed by atoms with Crippen LogP contribution in [-0.2, 0) is 67.1 Å². The van der Waals surface area contributed by atoms with Crippen LogP contribution in [0.4, 0.5) is 0 Å². The molecule has 0 saturated carbocycles. The predicted molar refractivity (Wildman–Crippen MR) is 309 cm³/mol. The second kappa shape index (κ2) is 41.7. The van der Waals surface area contributed by atoms with Crippen molar-refractivity contribution < 1.29 is 144 Å². The molecule has 0 fully saturated rings. The molecule has 0 aliphatic carbocycles. The third-order valence-corrected chi connectivity index (χ3v) is 14.6. The Morgan fingerprint density at radius 3 is 0.522 bits per heavy atom. The van der Waals surface area contributed by atoms with Crippen molar-refractivity contribution >= 4 is 82.0 Å². The van der Waals surface area contributed by atoms with Crippen molar-refractivity contribution in [2.75, 3.05) is 46.2 Å². The van der Waals surface area contributed by atoms with Gasteiger partial charge in [-0.05, 0) is 48.5 Å². The van der Waals surface area contributed by atoms with Crippen molar-refractivity contribution in [1.82, 2.24) is 37.2 Å². The van der Waals surface area contributed by atoms with E-state index >= 15 is 0 Å². The third-order valence-electron chi connectivity index (χ3n) is 14.6. The molecule has 0 saturated heterocycles. The molecule has 0 rings (SSSR count). The maximum atomic E-state index is 13.6. The lowest BCUT2D eigenvalue weighted by Crippen LogP contribution is -2.55. The van der Waals surface area contributed by atoms with Gasteiger partial charge in [0.1, 0.15) is 42.3 Å². The van der Waals surface area contributed by atoms with E-state index in [4.69, 9.17) is 10.8 Å². The summed E-state index contributed by atoms with van der Waals surface area (Å²) >= 11 is 0. The van der Waals surface area contributed by atoms with E-state index in [1.165, 1.54) is 0 Å². The van der Waals surface area contributed by atoms with E-state index in [1.54, 1.807) is 0 Å². The molecule has 0 aromatic carbocycles. The lowest BCUT2D eigenvalue weighted by Gasteiger charge is -2.28. The van der Waals surface area contributed by atoms with Crippen LogP contribution in [0.5, 0.6) is 0 Å². The lowest BCUT2D eigenvalue weighted by molar-refractivity contribution is -0.146. The lowest BCUT2D eigenvalue weighted by atomic mass is 9.91. The van der Waals surface area contributed by atoms with Crippen molar-refractivity contribution in [1.29, 1.82) is 0 Å². The van der Waals surface area contributed by atoms with Gasteiger partial charge in [-0.3, -0.25) is 62.3 Å². The van der Waals surface area contributed by atoms with Crippen LogP contribution in [0, 0.1) is 35.5 Å². The number of carbonyl (C=O) groups is 14. The van der Waals surface area contributed by atoms with Gasteiger partial charge < -0.3 is 120 Å². The molecule has 0 aromatic rings. The molecule has 0 aliphatic rings. The second-order valence-electron chi connectivity index (χ2n) is 22.5. The van der Waals surface area contributed by atoms with E-state index in [0.29, 0.717) is 0 Å². The van der Waals surface area contributed by atoms with Gasteiger partial charge in [0.05, 0.1) is 124 Å². The van der Waals surface area contributed by atoms with Gasteiger partial charge in [0.15, 0.2) is 40.7 Å². The molecule has 0 aromatic heterocycles. The van der Waals surface area contributed by atoms with Crippen LogP contribution < -0.4 is 43.0 Å². The van der Waals surface area contributed by atoms with Crippen LogP contribution >= 0.6 is 0 Å². The fourth-order valence-corrected chi connectivity index (χ4v) is 8.84. The van der Waals surface area contributed by atoms with Crippen LogP contribution in [0.15, 0.2) is 0 Å². The van der Waals surface area contributed by atoms with E-state index in [0.717, 1.165) is 48.5 Å². The summed E-state index contributed by atoms with van der Waals surface area (Å²) in [6.07, 6.45) is -17.9. The zero-order valence-corrected chi connectivity index (χ0v) is 51.8. The van der Waals surface area contributed by atoms with Gasteiger partial charge in [0, 0.05) is 38.5 Å². The van der Waals surface area contributed by atoms with Crippen molar-refractivity contribution in [2.45, 2.75) is 178 Å². The van der Waals surface area contributed by atoms with Crippen molar-refractivity contribution in [3.8, 4) is 0 Å². The molecule has 21 unspecified atom stereocenters. The summed E-state index contributed by atoms with van der Waals surface area (Å²) in [5.74, 6) is -27.6. The molecular weight excluding hydrogens is 1240 g/mol. The highest BCUT2D eigenvalue weighted by Gasteiger charge is 2.41. The molecule has 0 spiro atoms. The number of ketones is 6. The van der Waals surface area contributed by atoms with Crippen LogP contribution in [0.3, 0.4) is 0 Å². The Balaban J connectivity index is 6.17. The summed E-state index contributed by atoms with van der Waals surface area (Å²) in [5, 5.41) is 166. The SMILES string of the molecule is CC(O)C(NC(=O)C(CO)CC(=O)C(NC(=O)C(CO)CC(=O)C(NC(=O)C(CO)CC(=O)C(NC(=O)C(CO)CC(=O)C(NC(=O)C(CO)CC(=O)C(NC(=O)C(CO)CC(=O)C(NC(=O)C(N)CO)C(C)O)C(C)O)C(C)O)C(C)O)C(C)O)C(C)O)C(=O)O. The highest BCUT2D eigenvalue weighted by molar-refractivity contribution is 6.00. The minimum absolute atomic E-state index is 0.831. The highest BCUT2D eigenvalue weighted by Crippen LogP contribution is 2.18. The smallest absolute Gasteiger partial charge is 0.328 e. The summed E-state index contributed by atoms with van der Waals surface area (Å²) in [4.78, 5) is 184. The largest absolute Gasteiger partial charge is 0.480 e. The fraction of sp³-hybridized carbons (Fsp3) is 0.745. The number of nitrogens with one attached hydrogen (secondary N) is 7. The first-order valence-electron chi connectivity index (χ1n) is 29.1. The first-order chi connectivity index (χ1) is 42.7. The van der Waals surface area contributed by atoms with Gasteiger partial charge >= 0.3 is 5.97 Å². The minimum atomic E-state index is -1.98. The molecule has 21 atom stereocenters. The Labute approximate surface area is 527 Å². The zero-order chi connectivity index (χ0) is 71.3. The van der Waals surface area contributed by atoms with Crippen LogP contribution in [0.25, 0.3) is 0 Å². The molecule has 0 radical (unpaired) electrons. The molecule has 526 valence electrons. The van der Waals surface area contributed by atoms with Gasteiger partial charge in [-0.15, -0.1) is 0 Å². The molecule has 7 amide bonds. The number of hydrogen-bond donors (Lipinski definition) is 23. The Hall–Kier alpha value is -6.82. The molecule has 0 bridgehead atoms. The number of aliphatic carboxylic acids is 1. The maximum Gasteiger partial charge on any atom is 0.328 e. The maximum absolute atomic E-state index is 13.6. The number of hydrogen-bond acceptors (Lipinski definition) is 29. The number of aliphatic hydroxyl groups excluding tert-OH is 14. The van der Waals surface area contributed by atoms with Crippen LogP contribution in [0.2, 0.25) is 0 Å². The highest BCUT2D eigenvalue weighted by atomic mass is 16.4. The monoisotopic (exact) mass is 1330 g/mol. The van der Waals surface area contributed by atoms with E-state index in [2.05, 4.69) is 31.9 Å². The van der Waals surface area contributed by atoms with Crippen molar-refractivity contribution in [3.05, 3.63) is 0 Å². The third kappa shape index (κ3) is 27.4. The zero-order valence-electron chi connectivity index (χ0n) is 51.8. The summed E-state index contributed by atoms with van der Waals surface area (Å²) in [5.41, 5.74) is 5.44. The van der Waals surface area contributed by atoms with Crippen molar-refractivity contribution in [3.63, 3.8) is 0 Å². The number of amides is 7. The van der Waals surface area contributed by atoms with E-state index in [-0.39, 0.29) is 0 Å². The number of Topliss-reactive ketones (excluding diaryl/α,β-unsaturated/α-hetero) is 6. The Morgan fingerprint density at radius 2 is 0.402 bits per heavy atom. The number of carboxylic acid groups (broad SMARTS) is 1. The average Bonchev–Trinajstić information content (AvgIpc) is 1.15. The number of nitrogens with two attached hydrogens (primary N) is 1. The number of rotatable bonds is 47. The van der Waals surface area contributed by atoms with Crippen LogP contribution in [0.1, 0.15) is 87.0 Å². The first-order valence-corrected chi connectivity index (χ1v) is 29.1. The first kappa shape index (κ1) is 85.2. The van der Waals surface area contributed by atoms with Crippen LogP contribution in [-0.4, -0.2) is 296 Å². The number of aliphatic hydroxyl groups is 14. The summed E-state index contributed by atoms with van der Waals surface area (Å²) in [6.45, 7) is -0.391. The van der Waals surface area contributed by atoms with E-state index in [9.17, 15) is 139 Å². The molecule has 0 heterocycles. The van der Waals surface area contributed by atoms with E-state index in [1.807, 2.05) is 5.32 Å². The molecule has 24 N–H and O–H groups in total. The summed E-state index contributed by atoms with van der Waals surface area (Å²) < 4.78 is 0. The van der Waals surface area contributed by atoms with Crippen molar-refractivity contribution in [2.24, 2.45) is 41.2 Å². The van der Waals surface area contributed by atoms with Gasteiger partial charge in [0.2, 0.25) is 41.4 Å². The molecule has 92 heavy (non-hydrogen) atoms. The Bertz CT molecular complexity index is 2510. The van der Waals surface area contributed by atoms with Gasteiger partial charge in [-0.25, -0.2) is 4.79 Å². The Morgan fingerprint density at radius 1 is 0.261 bits per heavy atom. The number of carbonyl (C=O) groups excluding carboxylic acids is 13. The predicted octanol–water partition coefficient (Wildman–Crippen LogP) is -12.1. The summed E-state index contributed by atoms with van der Waals surface area (Å²) in [7, 11) is 0.